The molecule has 11 nitrogen and oxygen atoms in total. The van der Waals surface area contributed by atoms with E-state index in [1.807, 2.05) is 6.08 Å². The Balaban J connectivity index is 1.82. The number of aliphatic hydroxyl groups is 5. The van der Waals surface area contributed by atoms with Gasteiger partial charge in [0.1, 0.15) is 24.4 Å². The lowest BCUT2D eigenvalue weighted by molar-refractivity contribution is -0.302. The van der Waals surface area contributed by atoms with Crippen LogP contribution >= 0.6 is 0 Å². The Labute approximate surface area is 569 Å². The van der Waals surface area contributed by atoms with Crippen molar-refractivity contribution in [2.24, 2.45) is 0 Å². The zero-order valence-electron chi connectivity index (χ0n) is 61.1. The Hall–Kier alpha value is -1.60. The third kappa shape index (κ3) is 58.5. The van der Waals surface area contributed by atoms with Crippen molar-refractivity contribution < 1.29 is 49.3 Å². The Morgan fingerprint density at radius 1 is 0.391 bits per heavy atom. The zero-order valence-corrected chi connectivity index (χ0v) is 61.1. The minimum absolute atomic E-state index is 0.0229. The lowest BCUT2D eigenvalue weighted by Crippen LogP contribution is -2.60. The predicted octanol–water partition coefficient (Wildman–Crippen LogP) is 22.1. The first-order chi connectivity index (χ1) is 45.2. The molecule has 1 aliphatic rings. The normalized spacial score (nSPS) is 17.5. The average molecular weight is 1310 g/mol. The number of carbonyl (C=O) groups is 2. The second-order valence-electron chi connectivity index (χ2n) is 28.8. The summed E-state index contributed by atoms with van der Waals surface area (Å²) in [6, 6.07) is -0.803. The number of hydrogen-bond donors (Lipinski definition) is 6. The van der Waals surface area contributed by atoms with E-state index in [4.69, 9.17) is 14.2 Å². The first-order valence-electron chi connectivity index (χ1n) is 41.0. The van der Waals surface area contributed by atoms with Gasteiger partial charge in [0.25, 0.3) is 0 Å². The van der Waals surface area contributed by atoms with Crippen molar-refractivity contribution in [3.63, 3.8) is 0 Å². The van der Waals surface area contributed by atoms with Crippen LogP contribution in [0, 0.1) is 0 Å². The molecule has 6 N–H and O–H groups in total. The van der Waals surface area contributed by atoms with Gasteiger partial charge in [-0.05, 0) is 32.1 Å². The molecular formula is C81H157NO10. The minimum atomic E-state index is -1.57. The van der Waals surface area contributed by atoms with Gasteiger partial charge in [-0.25, -0.2) is 0 Å². The van der Waals surface area contributed by atoms with Gasteiger partial charge in [0.2, 0.25) is 5.91 Å². The molecule has 1 aliphatic heterocycles. The van der Waals surface area contributed by atoms with Gasteiger partial charge in [0.15, 0.2) is 6.29 Å². The van der Waals surface area contributed by atoms with Crippen molar-refractivity contribution in [1.29, 1.82) is 0 Å². The quantitative estimate of drug-likeness (QED) is 0.0195. The maximum atomic E-state index is 13.0. The number of allylic oxidation sites excluding steroid dienone is 1. The lowest BCUT2D eigenvalue weighted by Gasteiger charge is -2.40. The number of esters is 1. The van der Waals surface area contributed by atoms with Gasteiger partial charge in [-0.1, -0.05) is 398 Å². The van der Waals surface area contributed by atoms with Crippen molar-refractivity contribution in [2.75, 3.05) is 19.8 Å². The van der Waals surface area contributed by atoms with Crippen LogP contribution in [0.4, 0.5) is 0 Å². The van der Waals surface area contributed by atoms with E-state index >= 15 is 0 Å². The minimum Gasteiger partial charge on any atom is -0.466 e. The van der Waals surface area contributed by atoms with Gasteiger partial charge in [0, 0.05) is 12.8 Å². The van der Waals surface area contributed by atoms with Crippen molar-refractivity contribution in [2.45, 2.75) is 474 Å². The molecule has 1 saturated heterocycles. The molecule has 7 atom stereocenters. The molecule has 0 aromatic heterocycles. The zero-order chi connectivity index (χ0) is 66.5. The van der Waals surface area contributed by atoms with Crippen LogP contribution in [0.15, 0.2) is 12.2 Å². The number of carbonyl (C=O) groups excluding carboxylic acids is 2. The molecule has 0 radical (unpaired) electrons. The molecule has 92 heavy (non-hydrogen) atoms. The average Bonchev–Trinajstić information content (AvgIpc) is 0.924. The Bertz CT molecular complexity index is 1530. The molecule has 0 aromatic carbocycles. The molecule has 1 heterocycles. The fourth-order valence-electron chi connectivity index (χ4n) is 13.5. The second kappa shape index (κ2) is 70.7. The van der Waals surface area contributed by atoms with E-state index in [1.54, 1.807) is 6.08 Å². The first-order valence-corrected chi connectivity index (χ1v) is 41.0. The first kappa shape index (κ1) is 88.4. The summed E-state index contributed by atoms with van der Waals surface area (Å²) in [5, 5.41) is 54.4. The molecule has 0 saturated carbocycles. The number of hydrogen-bond acceptors (Lipinski definition) is 10. The third-order valence-electron chi connectivity index (χ3n) is 19.9. The van der Waals surface area contributed by atoms with Crippen LogP contribution in [0.2, 0.25) is 0 Å². The summed E-state index contributed by atoms with van der Waals surface area (Å²) in [6.07, 6.45) is 80.0. The van der Waals surface area contributed by atoms with Gasteiger partial charge < -0.3 is 45.1 Å². The van der Waals surface area contributed by atoms with E-state index in [9.17, 15) is 35.1 Å². The van der Waals surface area contributed by atoms with Crippen LogP contribution in [0.5, 0.6) is 0 Å². The molecule has 0 spiro atoms. The van der Waals surface area contributed by atoms with Gasteiger partial charge >= 0.3 is 5.97 Å². The molecular weight excluding hydrogens is 1150 g/mol. The lowest BCUT2D eigenvalue weighted by atomic mass is 9.99. The second-order valence-corrected chi connectivity index (χ2v) is 28.8. The molecule has 0 bridgehead atoms. The Kier molecular flexibility index (Phi) is 67.9. The highest BCUT2D eigenvalue weighted by Crippen LogP contribution is 2.24. The molecule has 546 valence electrons. The summed E-state index contributed by atoms with van der Waals surface area (Å²) in [5.74, 6) is -0.152. The van der Waals surface area contributed by atoms with Gasteiger partial charge in [0.05, 0.1) is 32.0 Å². The SMILES string of the molecule is CCCCCCCCC/C=C/C(O)C(COC1OC(CO)C(O)C(O)C1O)NC(=O)CCCCCCCCCCCCCCCCCCCCCCCCCCCCCCCCCCCCCCCCCOC(=O)CCCCCCCCCCCCCCCCCC. The number of aliphatic hydroxyl groups excluding tert-OH is 5. The van der Waals surface area contributed by atoms with E-state index in [1.165, 1.54) is 353 Å². The highest BCUT2D eigenvalue weighted by atomic mass is 16.7. The highest BCUT2D eigenvalue weighted by Gasteiger charge is 2.44. The van der Waals surface area contributed by atoms with E-state index in [0.29, 0.717) is 19.4 Å². The monoisotopic (exact) mass is 1300 g/mol. The maximum Gasteiger partial charge on any atom is 0.305 e. The van der Waals surface area contributed by atoms with E-state index in [0.717, 1.165) is 51.4 Å². The molecule has 11 heteroatoms. The third-order valence-corrected chi connectivity index (χ3v) is 19.9. The summed E-state index contributed by atoms with van der Waals surface area (Å²) in [7, 11) is 0. The van der Waals surface area contributed by atoms with Crippen LogP contribution in [0.3, 0.4) is 0 Å². The van der Waals surface area contributed by atoms with E-state index < -0.39 is 49.5 Å². The topological polar surface area (TPSA) is 175 Å². The van der Waals surface area contributed by atoms with E-state index in [-0.39, 0.29) is 18.5 Å². The Morgan fingerprint density at radius 3 is 1.01 bits per heavy atom. The molecule has 0 aromatic rings. The number of nitrogens with one attached hydrogen (secondary N) is 1. The number of ether oxygens (including phenoxy) is 3. The summed E-state index contributed by atoms with van der Waals surface area (Å²) in [4.78, 5) is 25.1. The number of unbranched alkanes of at least 4 members (excludes halogenated alkanes) is 60. The van der Waals surface area contributed by atoms with Gasteiger partial charge in [-0.2, -0.15) is 0 Å². The molecule has 1 fully saturated rings. The molecule has 1 rings (SSSR count). The number of rotatable bonds is 74. The Morgan fingerprint density at radius 2 is 0.685 bits per heavy atom. The van der Waals surface area contributed by atoms with Crippen molar-refractivity contribution >= 4 is 11.9 Å². The standard InChI is InChI=1S/C81H157NO10/c1-3-5-7-9-11-13-14-15-16-43-46-49-53-57-61-65-69-77(86)90-70-66-62-58-54-50-47-44-41-39-37-35-33-31-29-27-25-23-21-19-17-18-20-22-24-26-28-30-32-34-36-38-40-42-45-48-52-56-60-64-68-76(85)82-73(74(84)67-63-59-55-51-12-10-8-6-4-2)72-91-81-80(89)79(88)78(87)75(71-83)92-81/h63,67,73-75,78-81,83-84,87-89H,3-62,64-66,68-72H2,1-2H3,(H,82,85)/b67-63+. The predicted molar refractivity (Wildman–Crippen MR) is 389 cm³/mol. The van der Waals surface area contributed by atoms with Crippen molar-refractivity contribution in [3.8, 4) is 0 Å². The maximum absolute atomic E-state index is 13.0. The largest absolute Gasteiger partial charge is 0.466 e. The smallest absolute Gasteiger partial charge is 0.305 e. The van der Waals surface area contributed by atoms with Crippen LogP contribution in [0.1, 0.15) is 431 Å². The number of amides is 1. The van der Waals surface area contributed by atoms with Crippen LogP contribution in [-0.4, -0.2) is 100 Å². The van der Waals surface area contributed by atoms with Crippen LogP contribution in [0.25, 0.3) is 0 Å². The highest BCUT2D eigenvalue weighted by molar-refractivity contribution is 5.76. The van der Waals surface area contributed by atoms with Gasteiger partial charge in [-0.3, -0.25) is 9.59 Å². The summed E-state index contributed by atoms with van der Waals surface area (Å²) < 4.78 is 16.8. The fourth-order valence-corrected chi connectivity index (χ4v) is 13.5. The van der Waals surface area contributed by atoms with E-state index in [2.05, 4.69) is 19.2 Å². The van der Waals surface area contributed by atoms with Crippen LogP contribution in [-0.2, 0) is 23.8 Å². The van der Waals surface area contributed by atoms with Crippen LogP contribution < -0.4 is 5.32 Å². The summed E-state index contributed by atoms with van der Waals surface area (Å²) in [6.45, 7) is 4.38. The van der Waals surface area contributed by atoms with Crippen molar-refractivity contribution in [3.05, 3.63) is 12.2 Å². The van der Waals surface area contributed by atoms with Gasteiger partial charge in [-0.15, -0.1) is 0 Å². The van der Waals surface area contributed by atoms with Crippen molar-refractivity contribution in [1.82, 2.24) is 5.32 Å². The summed E-state index contributed by atoms with van der Waals surface area (Å²) in [5.41, 5.74) is 0. The molecule has 0 aliphatic carbocycles. The molecule has 1 amide bonds. The molecule has 7 unspecified atom stereocenters. The summed E-state index contributed by atoms with van der Waals surface area (Å²) >= 11 is 0. The fraction of sp³-hybridized carbons (Fsp3) is 0.951.